The highest BCUT2D eigenvalue weighted by Gasteiger charge is 1.99. The van der Waals surface area contributed by atoms with E-state index in [4.69, 9.17) is 15.2 Å². The van der Waals surface area contributed by atoms with Crippen molar-refractivity contribution in [2.45, 2.75) is 13.3 Å². The number of ether oxygens (including phenoxy) is 2. The summed E-state index contributed by atoms with van der Waals surface area (Å²) >= 11 is 0. The molecule has 0 heterocycles. The molecule has 0 saturated carbocycles. The third-order valence-corrected chi connectivity index (χ3v) is 1.99. The Hall–Kier alpha value is -1.91. The second kappa shape index (κ2) is 7.38. The van der Waals surface area contributed by atoms with Crippen molar-refractivity contribution in [1.82, 2.24) is 5.32 Å². The average Bonchev–Trinajstić information content (AvgIpc) is 2.29. The van der Waals surface area contributed by atoms with Gasteiger partial charge in [-0.05, 0) is 25.5 Å². The van der Waals surface area contributed by atoms with E-state index in [1.165, 1.54) is 0 Å². The molecule has 5 nitrogen and oxygen atoms in total. The normalized spacial score (nSPS) is 9.71. The number of carbonyl (C=O) groups is 1. The number of carbonyl (C=O) groups excluding carboxylic acids is 1. The number of nitrogens with two attached hydrogens (primary N) is 1. The second-order valence-electron chi connectivity index (χ2n) is 3.42. The lowest BCUT2D eigenvalue weighted by Gasteiger charge is -2.07. The lowest BCUT2D eigenvalue weighted by molar-refractivity contribution is 0.151. The van der Waals surface area contributed by atoms with Crippen LogP contribution in [0.4, 0.5) is 10.5 Å². The van der Waals surface area contributed by atoms with Crippen LogP contribution in [0.2, 0.25) is 0 Å². The molecule has 0 radical (unpaired) electrons. The van der Waals surface area contributed by atoms with Gasteiger partial charge in [-0.15, -0.1) is 0 Å². The molecule has 0 aromatic heterocycles. The predicted molar refractivity (Wildman–Crippen MR) is 66.0 cm³/mol. The summed E-state index contributed by atoms with van der Waals surface area (Å²) in [6.45, 7) is 3.20. The fourth-order valence-corrected chi connectivity index (χ4v) is 1.24. The van der Waals surface area contributed by atoms with Crippen LogP contribution in [0.5, 0.6) is 5.75 Å². The molecule has 1 aromatic carbocycles. The zero-order valence-electron chi connectivity index (χ0n) is 9.94. The Morgan fingerprint density at radius 3 is 3.00 bits per heavy atom. The van der Waals surface area contributed by atoms with E-state index in [1.54, 1.807) is 19.1 Å². The third-order valence-electron chi connectivity index (χ3n) is 1.99. The van der Waals surface area contributed by atoms with Gasteiger partial charge >= 0.3 is 6.09 Å². The first-order chi connectivity index (χ1) is 8.22. The van der Waals surface area contributed by atoms with Crippen LogP contribution >= 0.6 is 0 Å². The van der Waals surface area contributed by atoms with Crippen molar-refractivity contribution in [2.75, 3.05) is 25.5 Å². The number of amides is 1. The van der Waals surface area contributed by atoms with Crippen LogP contribution in [0.1, 0.15) is 13.3 Å². The van der Waals surface area contributed by atoms with E-state index in [-0.39, 0.29) is 0 Å². The molecule has 0 fully saturated rings. The Morgan fingerprint density at radius 2 is 2.29 bits per heavy atom. The van der Waals surface area contributed by atoms with Crippen molar-refractivity contribution >= 4 is 11.8 Å². The fourth-order valence-electron chi connectivity index (χ4n) is 1.24. The molecule has 1 aromatic rings. The highest BCUT2D eigenvalue weighted by atomic mass is 16.5. The maximum atomic E-state index is 10.9. The minimum Gasteiger partial charge on any atom is -0.493 e. The van der Waals surface area contributed by atoms with Crippen LogP contribution in [0, 0.1) is 0 Å². The molecule has 0 aliphatic rings. The van der Waals surface area contributed by atoms with Crippen molar-refractivity contribution in [1.29, 1.82) is 0 Å². The van der Waals surface area contributed by atoms with Crippen molar-refractivity contribution in [3.05, 3.63) is 24.3 Å². The van der Waals surface area contributed by atoms with E-state index in [1.807, 2.05) is 12.1 Å². The van der Waals surface area contributed by atoms with Crippen molar-refractivity contribution in [2.24, 2.45) is 0 Å². The summed E-state index contributed by atoms with van der Waals surface area (Å²) in [4.78, 5) is 10.9. The highest BCUT2D eigenvalue weighted by molar-refractivity contribution is 5.66. The summed E-state index contributed by atoms with van der Waals surface area (Å²) in [6, 6.07) is 7.24. The molecule has 1 rings (SSSR count). The van der Waals surface area contributed by atoms with Gasteiger partial charge in [-0.2, -0.15) is 0 Å². The monoisotopic (exact) mass is 238 g/mol. The molecule has 94 valence electrons. The summed E-state index contributed by atoms with van der Waals surface area (Å²) in [6.07, 6.45) is 0.324. The van der Waals surface area contributed by atoms with Gasteiger partial charge in [0.1, 0.15) is 5.75 Å². The first-order valence-electron chi connectivity index (χ1n) is 5.61. The summed E-state index contributed by atoms with van der Waals surface area (Å²) < 4.78 is 10.2. The fraction of sp³-hybridized carbons (Fsp3) is 0.417. The quantitative estimate of drug-likeness (QED) is 0.585. The molecule has 0 aliphatic carbocycles. The van der Waals surface area contributed by atoms with Gasteiger partial charge in [0.05, 0.1) is 13.2 Å². The molecule has 17 heavy (non-hydrogen) atoms. The van der Waals surface area contributed by atoms with Crippen LogP contribution in [0.25, 0.3) is 0 Å². The molecule has 0 unspecified atom stereocenters. The number of benzene rings is 1. The van der Waals surface area contributed by atoms with Gasteiger partial charge in [0.25, 0.3) is 0 Å². The lowest BCUT2D eigenvalue weighted by atomic mass is 10.3. The minimum absolute atomic E-state index is 0.381. The van der Waals surface area contributed by atoms with E-state index >= 15 is 0 Å². The van der Waals surface area contributed by atoms with Gasteiger partial charge in [0.15, 0.2) is 0 Å². The van der Waals surface area contributed by atoms with Crippen LogP contribution in [-0.4, -0.2) is 25.9 Å². The maximum Gasteiger partial charge on any atom is 0.407 e. The first kappa shape index (κ1) is 13.2. The Labute approximate surface area is 101 Å². The molecule has 5 heteroatoms. The van der Waals surface area contributed by atoms with Gasteiger partial charge in [-0.1, -0.05) is 6.07 Å². The zero-order valence-corrected chi connectivity index (χ0v) is 9.94. The molecular weight excluding hydrogens is 220 g/mol. The molecule has 0 bridgehead atoms. The van der Waals surface area contributed by atoms with Crippen molar-refractivity contribution < 1.29 is 14.3 Å². The van der Waals surface area contributed by atoms with Crippen molar-refractivity contribution in [3.8, 4) is 5.75 Å². The second-order valence-corrected chi connectivity index (χ2v) is 3.42. The summed E-state index contributed by atoms with van der Waals surface area (Å²) in [5, 5.41) is 2.62. The molecular formula is C12H18N2O3. The third kappa shape index (κ3) is 5.65. The topological polar surface area (TPSA) is 73.6 Å². The molecule has 0 spiro atoms. The molecule has 1 amide bonds. The molecule has 3 N–H and O–H groups in total. The highest BCUT2D eigenvalue weighted by Crippen LogP contribution is 2.14. The van der Waals surface area contributed by atoms with Crippen molar-refractivity contribution in [3.63, 3.8) is 0 Å². The van der Waals surface area contributed by atoms with Crippen LogP contribution in [0.3, 0.4) is 0 Å². The summed E-state index contributed by atoms with van der Waals surface area (Å²) in [7, 11) is 0. The standard InChI is InChI=1S/C12H18N2O3/c1-2-16-12(15)14-7-4-8-17-11-6-3-5-10(13)9-11/h3,5-6,9H,2,4,7-8,13H2,1H3,(H,14,15). The number of alkyl carbamates (subject to hydrolysis) is 1. The van der Waals surface area contributed by atoms with E-state index in [0.717, 1.165) is 5.75 Å². The Kier molecular flexibility index (Phi) is 5.71. The van der Waals surface area contributed by atoms with E-state index in [0.29, 0.717) is 31.9 Å². The number of nitrogens with one attached hydrogen (secondary N) is 1. The zero-order chi connectivity index (χ0) is 12.5. The van der Waals surface area contributed by atoms with Gasteiger partial charge < -0.3 is 20.5 Å². The van der Waals surface area contributed by atoms with Gasteiger partial charge in [0.2, 0.25) is 0 Å². The number of hydrogen-bond donors (Lipinski definition) is 2. The Bertz CT molecular complexity index is 355. The number of hydrogen-bond acceptors (Lipinski definition) is 4. The molecule has 0 saturated heterocycles. The average molecular weight is 238 g/mol. The predicted octanol–water partition coefficient (Wildman–Crippen LogP) is 1.78. The summed E-state index contributed by atoms with van der Waals surface area (Å²) in [5.41, 5.74) is 6.28. The van der Waals surface area contributed by atoms with Crippen LogP contribution in [-0.2, 0) is 4.74 Å². The van der Waals surface area contributed by atoms with Crippen LogP contribution < -0.4 is 15.8 Å². The van der Waals surface area contributed by atoms with Gasteiger partial charge in [-0.25, -0.2) is 4.79 Å². The SMILES string of the molecule is CCOC(=O)NCCCOc1cccc(N)c1. The van der Waals surface area contributed by atoms with E-state index in [9.17, 15) is 4.79 Å². The smallest absolute Gasteiger partial charge is 0.407 e. The van der Waals surface area contributed by atoms with E-state index in [2.05, 4.69) is 5.32 Å². The molecule has 0 aliphatic heterocycles. The van der Waals surface area contributed by atoms with Gasteiger partial charge in [0, 0.05) is 18.3 Å². The first-order valence-corrected chi connectivity index (χ1v) is 5.61. The van der Waals surface area contributed by atoms with Gasteiger partial charge in [-0.3, -0.25) is 0 Å². The number of anilines is 1. The Balaban J connectivity index is 2.10. The minimum atomic E-state index is -0.392. The largest absolute Gasteiger partial charge is 0.493 e. The lowest BCUT2D eigenvalue weighted by Crippen LogP contribution is -2.26. The maximum absolute atomic E-state index is 10.9. The number of nitrogen functional groups attached to an aromatic ring is 1. The Morgan fingerprint density at radius 1 is 1.47 bits per heavy atom. The summed E-state index contributed by atoms with van der Waals surface area (Å²) in [5.74, 6) is 0.737. The van der Waals surface area contributed by atoms with Crippen LogP contribution in [0.15, 0.2) is 24.3 Å². The number of rotatable bonds is 6. The molecule has 0 atom stereocenters. The van der Waals surface area contributed by atoms with E-state index < -0.39 is 6.09 Å².